The molecular weight excluding hydrogens is 345 g/mol. The molecular formula is C15H14BrCl2N. The van der Waals surface area contributed by atoms with Gasteiger partial charge in [0.1, 0.15) is 0 Å². The quantitative estimate of drug-likeness (QED) is 0.790. The SMILES string of the molecule is Cc1ccc(C(N)Cc2cccc(Cl)c2Cl)cc1Br. The predicted molar refractivity (Wildman–Crippen MR) is 86.0 cm³/mol. The molecule has 2 rings (SSSR count). The maximum Gasteiger partial charge on any atom is 0.0624 e. The van der Waals surface area contributed by atoms with Crippen molar-refractivity contribution in [3.05, 3.63) is 67.6 Å². The maximum atomic E-state index is 6.24. The van der Waals surface area contributed by atoms with E-state index in [0.29, 0.717) is 16.5 Å². The lowest BCUT2D eigenvalue weighted by Gasteiger charge is -2.14. The fourth-order valence-corrected chi connectivity index (χ4v) is 2.69. The highest BCUT2D eigenvalue weighted by Crippen LogP contribution is 2.29. The minimum Gasteiger partial charge on any atom is -0.324 e. The van der Waals surface area contributed by atoms with Gasteiger partial charge in [0.2, 0.25) is 0 Å². The smallest absolute Gasteiger partial charge is 0.0624 e. The van der Waals surface area contributed by atoms with E-state index < -0.39 is 0 Å². The fourth-order valence-electron chi connectivity index (χ4n) is 1.90. The molecule has 19 heavy (non-hydrogen) atoms. The van der Waals surface area contributed by atoms with Crippen molar-refractivity contribution in [3.63, 3.8) is 0 Å². The second-order valence-electron chi connectivity index (χ2n) is 4.53. The van der Waals surface area contributed by atoms with Crippen LogP contribution in [0.3, 0.4) is 0 Å². The molecule has 1 nitrogen and oxygen atoms in total. The van der Waals surface area contributed by atoms with Crippen molar-refractivity contribution in [2.75, 3.05) is 0 Å². The molecule has 0 fully saturated rings. The summed E-state index contributed by atoms with van der Waals surface area (Å²) in [7, 11) is 0. The molecule has 0 saturated carbocycles. The van der Waals surface area contributed by atoms with E-state index in [1.165, 1.54) is 5.56 Å². The van der Waals surface area contributed by atoms with Gasteiger partial charge in [-0.2, -0.15) is 0 Å². The van der Waals surface area contributed by atoms with E-state index in [1.54, 1.807) is 6.07 Å². The third-order valence-corrected chi connectivity index (χ3v) is 4.81. The van der Waals surface area contributed by atoms with Gasteiger partial charge in [0.05, 0.1) is 10.0 Å². The van der Waals surface area contributed by atoms with E-state index >= 15 is 0 Å². The monoisotopic (exact) mass is 357 g/mol. The number of rotatable bonds is 3. The molecule has 0 heterocycles. The molecule has 0 saturated heterocycles. The van der Waals surface area contributed by atoms with Gasteiger partial charge in [-0.25, -0.2) is 0 Å². The summed E-state index contributed by atoms with van der Waals surface area (Å²) in [5.41, 5.74) is 9.48. The van der Waals surface area contributed by atoms with E-state index in [0.717, 1.165) is 15.6 Å². The Morgan fingerprint density at radius 3 is 2.63 bits per heavy atom. The summed E-state index contributed by atoms with van der Waals surface area (Å²) >= 11 is 15.7. The Hall–Kier alpha value is -0.540. The Balaban J connectivity index is 2.23. The maximum absolute atomic E-state index is 6.24. The lowest BCUT2D eigenvalue weighted by Crippen LogP contribution is -2.13. The molecule has 2 N–H and O–H groups in total. The van der Waals surface area contributed by atoms with Crippen LogP contribution < -0.4 is 5.73 Å². The molecule has 2 aromatic rings. The molecule has 0 amide bonds. The molecule has 0 aromatic heterocycles. The molecule has 100 valence electrons. The molecule has 0 bridgehead atoms. The summed E-state index contributed by atoms with van der Waals surface area (Å²) in [6, 6.07) is 11.7. The van der Waals surface area contributed by atoms with Crippen LogP contribution in [-0.4, -0.2) is 0 Å². The molecule has 0 aliphatic rings. The Morgan fingerprint density at radius 1 is 1.21 bits per heavy atom. The minimum absolute atomic E-state index is 0.104. The van der Waals surface area contributed by atoms with Crippen LogP contribution in [0, 0.1) is 6.92 Å². The molecule has 0 aliphatic heterocycles. The number of nitrogens with two attached hydrogens (primary N) is 1. The summed E-state index contributed by atoms with van der Waals surface area (Å²) in [5, 5.41) is 1.15. The van der Waals surface area contributed by atoms with Gasteiger partial charge in [0, 0.05) is 10.5 Å². The van der Waals surface area contributed by atoms with Gasteiger partial charge in [-0.05, 0) is 42.2 Å². The zero-order valence-corrected chi connectivity index (χ0v) is 13.6. The number of halogens is 3. The molecule has 1 unspecified atom stereocenters. The van der Waals surface area contributed by atoms with E-state index in [-0.39, 0.29) is 6.04 Å². The summed E-state index contributed by atoms with van der Waals surface area (Å²) in [6.45, 7) is 2.05. The van der Waals surface area contributed by atoms with E-state index in [4.69, 9.17) is 28.9 Å². The van der Waals surface area contributed by atoms with E-state index in [1.807, 2.05) is 25.1 Å². The van der Waals surface area contributed by atoms with E-state index in [9.17, 15) is 0 Å². The second kappa shape index (κ2) is 6.27. The van der Waals surface area contributed by atoms with Crippen molar-refractivity contribution in [2.45, 2.75) is 19.4 Å². The summed E-state index contributed by atoms with van der Waals surface area (Å²) < 4.78 is 1.07. The Morgan fingerprint density at radius 2 is 1.95 bits per heavy atom. The first-order valence-electron chi connectivity index (χ1n) is 5.93. The van der Waals surface area contributed by atoms with Crippen LogP contribution in [-0.2, 0) is 6.42 Å². The molecule has 4 heteroatoms. The highest BCUT2D eigenvalue weighted by molar-refractivity contribution is 9.10. The van der Waals surface area contributed by atoms with Gasteiger partial charge in [-0.15, -0.1) is 0 Å². The first kappa shape index (κ1) is 14.9. The van der Waals surface area contributed by atoms with Crippen LogP contribution in [0.25, 0.3) is 0 Å². The summed E-state index contributed by atoms with van der Waals surface area (Å²) in [4.78, 5) is 0. The number of aryl methyl sites for hydroxylation is 1. The number of hydrogen-bond donors (Lipinski definition) is 1. The topological polar surface area (TPSA) is 26.0 Å². The van der Waals surface area contributed by atoms with Crippen molar-refractivity contribution in [3.8, 4) is 0 Å². The lowest BCUT2D eigenvalue weighted by atomic mass is 9.99. The van der Waals surface area contributed by atoms with Gasteiger partial charge >= 0.3 is 0 Å². The second-order valence-corrected chi connectivity index (χ2v) is 6.17. The number of hydrogen-bond acceptors (Lipinski definition) is 1. The molecule has 2 aromatic carbocycles. The fraction of sp³-hybridized carbons (Fsp3) is 0.200. The Kier molecular flexibility index (Phi) is 4.91. The largest absolute Gasteiger partial charge is 0.324 e. The lowest BCUT2D eigenvalue weighted by molar-refractivity contribution is 0.721. The standard InChI is InChI=1S/C15H14BrCl2N/c1-9-5-6-10(7-12(9)16)14(19)8-11-3-2-4-13(17)15(11)18/h2-7,14H,8,19H2,1H3. The predicted octanol–water partition coefficient (Wildman–Crippen LogP) is 5.31. The first-order valence-corrected chi connectivity index (χ1v) is 7.48. The highest BCUT2D eigenvalue weighted by atomic mass is 79.9. The summed E-state index contributed by atoms with van der Waals surface area (Å²) in [6.07, 6.45) is 0.662. The van der Waals surface area contributed by atoms with Crippen LogP contribution in [0.2, 0.25) is 10.0 Å². The van der Waals surface area contributed by atoms with Gasteiger partial charge < -0.3 is 5.73 Å². The van der Waals surface area contributed by atoms with Crippen LogP contribution in [0.4, 0.5) is 0 Å². The van der Waals surface area contributed by atoms with Crippen LogP contribution in [0.1, 0.15) is 22.7 Å². The molecule has 0 spiro atoms. The van der Waals surface area contributed by atoms with Gasteiger partial charge in [-0.3, -0.25) is 0 Å². The average molecular weight is 359 g/mol. The average Bonchev–Trinajstić information content (AvgIpc) is 2.38. The van der Waals surface area contributed by atoms with Crippen molar-refractivity contribution in [1.82, 2.24) is 0 Å². The number of benzene rings is 2. The van der Waals surface area contributed by atoms with Crippen molar-refractivity contribution in [2.24, 2.45) is 5.73 Å². The normalized spacial score (nSPS) is 12.5. The third kappa shape index (κ3) is 3.51. The van der Waals surface area contributed by atoms with Crippen LogP contribution in [0.15, 0.2) is 40.9 Å². The molecule has 0 radical (unpaired) electrons. The molecule has 1 atom stereocenters. The zero-order chi connectivity index (χ0) is 14.0. The van der Waals surface area contributed by atoms with E-state index in [2.05, 4.69) is 28.1 Å². The Bertz CT molecular complexity index is 599. The van der Waals surface area contributed by atoms with Gasteiger partial charge in [-0.1, -0.05) is 63.4 Å². The van der Waals surface area contributed by atoms with Crippen molar-refractivity contribution >= 4 is 39.1 Å². The first-order chi connectivity index (χ1) is 8.99. The Labute approximate surface area is 131 Å². The van der Waals surface area contributed by atoms with Crippen LogP contribution >= 0.6 is 39.1 Å². The van der Waals surface area contributed by atoms with Gasteiger partial charge in [0.15, 0.2) is 0 Å². The van der Waals surface area contributed by atoms with Crippen LogP contribution in [0.5, 0.6) is 0 Å². The van der Waals surface area contributed by atoms with Crippen molar-refractivity contribution in [1.29, 1.82) is 0 Å². The highest BCUT2D eigenvalue weighted by Gasteiger charge is 2.12. The molecule has 0 aliphatic carbocycles. The zero-order valence-electron chi connectivity index (χ0n) is 10.5. The van der Waals surface area contributed by atoms with Gasteiger partial charge in [0.25, 0.3) is 0 Å². The minimum atomic E-state index is -0.104. The summed E-state index contributed by atoms with van der Waals surface area (Å²) in [5.74, 6) is 0. The van der Waals surface area contributed by atoms with Crippen molar-refractivity contribution < 1.29 is 0 Å². The third-order valence-electron chi connectivity index (χ3n) is 3.10.